The van der Waals surface area contributed by atoms with E-state index in [0.717, 1.165) is 47.8 Å². The zero-order valence-corrected chi connectivity index (χ0v) is 18.3. The number of nitrogens with zero attached hydrogens (tertiary/aromatic N) is 3. The lowest BCUT2D eigenvalue weighted by Crippen LogP contribution is -2.09. The molecule has 7 heteroatoms. The van der Waals surface area contributed by atoms with Crippen molar-refractivity contribution >= 4 is 34.8 Å². The highest BCUT2D eigenvalue weighted by atomic mass is 35.5. The number of halogens is 1. The minimum absolute atomic E-state index is 0.217. The van der Waals surface area contributed by atoms with Crippen LogP contribution in [0.1, 0.15) is 52.0 Å². The number of imidazole rings is 1. The normalized spacial score (nSPS) is 11.1. The molecule has 4 rings (SSSR count). The van der Waals surface area contributed by atoms with E-state index < -0.39 is 5.97 Å². The number of unbranched alkanes of at least 4 members (excludes halogenated alkanes) is 1. The van der Waals surface area contributed by atoms with Gasteiger partial charge >= 0.3 is 5.97 Å². The van der Waals surface area contributed by atoms with Gasteiger partial charge in [-0.1, -0.05) is 55.3 Å². The zero-order valence-electron chi connectivity index (χ0n) is 17.6. The Morgan fingerprint density at radius 2 is 1.94 bits per heavy atom. The molecular weight excluding hydrogens is 426 g/mol. The number of hydrogen-bond acceptors (Lipinski definition) is 4. The number of hydrogen-bond donors (Lipinski definition) is 1. The molecule has 0 aliphatic heterocycles. The van der Waals surface area contributed by atoms with Crippen molar-refractivity contribution in [3.8, 4) is 11.3 Å². The van der Waals surface area contributed by atoms with Gasteiger partial charge in [-0.05, 0) is 36.2 Å². The SMILES string of the molecule is CCCCc1nc(Cl)c(C=O)n1Cc1ccc2nc(-c3ccccc3C(=O)O)ccc2c1. The third-order valence-electron chi connectivity index (χ3n) is 5.43. The summed E-state index contributed by atoms with van der Waals surface area (Å²) in [6.07, 6.45) is 3.49. The van der Waals surface area contributed by atoms with Crippen LogP contribution in [0.3, 0.4) is 0 Å². The van der Waals surface area contributed by atoms with Crippen LogP contribution in [-0.4, -0.2) is 31.9 Å². The van der Waals surface area contributed by atoms with Crippen LogP contribution in [0.5, 0.6) is 0 Å². The van der Waals surface area contributed by atoms with E-state index in [0.29, 0.717) is 23.5 Å². The Kier molecular flexibility index (Phi) is 6.32. The van der Waals surface area contributed by atoms with Gasteiger partial charge in [-0.3, -0.25) is 4.79 Å². The molecule has 0 spiro atoms. The quantitative estimate of drug-likeness (QED) is 0.352. The van der Waals surface area contributed by atoms with Crippen LogP contribution in [0.25, 0.3) is 22.2 Å². The molecule has 0 unspecified atom stereocenters. The number of aromatic nitrogens is 3. The predicted octanol–water partition coefficient (Wildman–Crippen LogP) is 5.65. The van der Waals surface area contributed by atoms with Gasteiger partial charge in [0.1, 0.15) is 11.5 Å². The summed E-state index contributed by atoms with van der Waals surface area (Å²) in [5, 5.41) is 10.6. The molecule has 0 saturated carbocycles. The largest absolute Gasteiger partial charge is 0.478 e. The van der Waals surface area contributed by atoms with Crippen LogP contribution in [-0.2, 0) is 13.0 Å². The van der Waals surface area contributed by atoms with Crippen molar-refractivity contribution in [2.75, 3.05) is 0 Å². The zero-order chi connectivity index (χ0) is 22.7. The van der Waals surface area contributed by atoms with E-state index >= 15 is 0 Å². The molecule has 1 N–H and O–H groups in total. The van der Waals surface area contributed by atoms with Crippen LogP contribution < -0.4 is 0 Å². The first-order valence-corrected chi connectivity index (χ1v) is 10.8. The van der Waals surface area contributed by atoms with Gasteiger partial charge in [-0.15, -0.1) is 0 Å². The highest BCUT2D eigenvalue weighted by Gasteiger charge is 2.16. The van der Waals surface area contributed by atoms with Crippen molar-refractivity contribution in [1.29, 1.82) is 0 Å². The highest BCUT2D eigenvalue weighted by molar-refractivity contribution is 6.31. The molecule has 162 valence electrons. The average molecular weight is 448 g/mol. The van der Waals surface area contributed by atoms with E-state index in [1.54, 1.807) is 24.3 Å². The Bertz CT molecular complexity index is 1310. The maximum Gasteiger partial charge on any atom is 0.336 e. The number of aldehydes is 1. The molecule has 4 aromatic rings. The second-order valence-electron chi connectivity index (χ2n) is 7.59. The van der Waals surface area contributed by atoms with Crippen LogP contribution >= 0.6 is 11.6 Å². The van der Waals surface area contributed by atoms with E-state index in [9.17, 15) is 14.7 Å². The summed E-state index contributed by atoms with van der Waals surface area (Å²) >= 11 is 6.19. The number of aromatic carboxylic acids is 1. The number of aryl methyl sites for hydroxylation is 1. The maximum atomic E-state index is 11.6. The Hall–Kier alpha value is -3.51. The first-order chi connectivity index (χ1) is 15.5. The molecular formula is C25H22ClN3O3. The summed E-state index contributed by atoms with van der Waals surface area (Å²) in [4.78, 5) is 32.2. The van der Waals surface area contributed by atoms with Crippen molar-refractivity contribution < 1.29 is 14.7 Å². The molecule has 0 radical (unpaired) electrons. The fourth-order valence-electron chi connectivity index (χ4n) is 3.79. The number of carbonyl (C=O) groups excluding carboxylic acids is 1. The Morgan fingerprint density at radius 3 is 2.69 bits per heavy atom. The molecule has 0 aliphatic carbocycles. The number of carboxylic acids is 1. The van der Waals surface area contributed by atoms with Crippen LogP contribution in [0.4, 0.5) is 0 Å². The fourth-order valence-corrected chi connectivity index (χ4v) is 4.04. The van der Waals surface area contributed by atoms with Crippen LogP contribution in [0.2, 0.25) is 5.15 Å². The van der Waals surface area contributed by atoms with Crippen molar-refractivity contribution in [3.05, 3.63) is 82.4 Å². The molecule has 0 saturated heterocycles. The maximum absolute atomic E-state index is 11.6. The molecule has 0 aliphatic rings. The monoisotopic (exact) mass is 447 g/mol. The molecule has 6 nitrogen and oxygen atoms in total. The molecule has 2 aromatic heterocycles. The van der Waals surface area contributed by atoms with Crippen LogP contribution in [0, 0.1) is 0 Å². The fraction of sp³-hybridized carbons (Fsp3) is 0.200. The number of pyridine rings is 1. The van der Waals surface area contributed by atoms with E-state index in [2.05, 4.69) is 16.9 Å². The number of carbonyl (C=O) groups is 2. The Morgan fingerprint density at radius 1 is 1.12 bits per heavy atom. The van der Waals surface area contributed by atoms with Gasteiger partial charge in [-0.2, -0.15) is 0 Å². The Balaban J connectivity index is 1.69. The lowest BCUT2D eigenvalue weighted by atomic mass is 10.0. The summed E-state index contributed by atoms with van der Waals surface area (Å²) in [5.41, 5.74) is 3.54. The van der Waals surface area contributed by atoms with Crippen molar-refractivity contribution in [2.24, 2.45) is 0 Å². The number of carboxylic acid groups (broad SMARTS) is 1. The van der Waals surface area contributed by atoms with Gasteiger partial charge < -0.3 is 9.67 Å². The summed E-state index contributed by atoms with van der Waals surface area (Å²) in [7, 11) is 0. The first kappa shape index (κ1) is 21.7. The minimum atomic E-state index is -0.985. The van der Waals surface area contributed by atoms with Crippen molar-refractivity contribution in [3.63, 3.8) is 0 Å². The van der Waals surface area contributed by atoms with E-state index in [1.165, 1.54) is 0 Å². The third kappa shape index (κ3) is 4.27. The van der Waals surface area contributed by atoms with Gasteiger partial charge in [-0.25, -0.2) is 14.8 Å². The first-order valence-electron chi connectivity index (χ1n) is 10.4. The molecule has 2 heterocycles. The molecule has 0 bridgehead atoms. The van der Waals surface area contributed by atoms with Gasteiger partial charge in [0.25, 0.3) is 0 Å². The van der Waals surface area contributed by atoms with E-state index in [-0.39, 0.29) is 10.7 Å². The second kappa shape index (κ2) is 9.32. The minimum Gasteiger partial charge on any atom is -0.478 e. The number of fused-ring (bicyclic) bond motifs is 1. The predicted molar refractivity (Wildman–Crippen MR) is 124 cm³/mol. The lowest BCUT2D eigenvalue weighted by Gasteiger charge is -2.11. The summed E-state index contributed by atoms with van der Waals surface area (Å²) in [6, 6.07) is 16.5. The topological polar surface area (TPSA) is 85.1 Å². The average Bonchev–Trinajstić information content (AvgIpc) is 3.10. The summed E-state index contributed by atoms with van der Waals surface area (Å²) in [5.74, 6) is -0.181. The lowest BCUT2D eigenvalue weighted by molar-refractivity contribution is 0.0697. The highest BCUT2D eigenvalue weighted by Crippen LogP contribution is 2.26. The van der Waals surface area contributed by atoms with Crippen molar-refractivity contribution in [2.45, 2.75) is 32.7 Å². The molecule has 2 aromatic carbocycles. The van der Waals surface area contributed by atoms with Crippen molar-refractivity contribution in [1.82, 2.24) is 14.5 Å². The molecule has 0 amide bonds. The second-order valence-corrected chi connectivity index (χ2v) is 7.94. The van der Waals surface area contributed by atoms with Gasteiger partial charge in [0.15, 0.2) is 11.4 Å². The number of benzene rings is 2. The Labute approximate surface area is 190 Å². The summed E-state index contributed by atoms with van der Waals surface area (Å²) in [6.45, 7) is 2.58. The van der Waals surface area contributed by atoms with E-state index in [1.807, 2.05) is 34.9 Å². The van der Waals surface area contributed by atoms with E-state index in [4.69, 9.17) is 11.6 Å². The van der Waals surface area contributed by atoms with Gasteiger partial charge in [0, 0.05) is 23.9 Å². The van der Waals surface area contributed by atoms with Crippen LogP contribution in [0.15, 0.2) is 54.6 Å². The standard InChI is InChI=1S/C25H22ClN3O3/c1-2-3-8-23-28-24(26)22(15-30)29(23)14-16-9-11-20-17(13-16)10-12-21(27-20)18-6-4-5-7-19(18)25(31)32/h4-7,9-13,15H,2-3,8,14H2,1H3,(H,31,32). The smallest absolute Gasteiger partial charge is 0.336 e. The molecule has 32 heavy (non-hydrogen) atoms. The summed E-state index contributed by atoms with van der Waals surface area (Å²) < 4.78 is 1.87. The van der Waals surface area contributed by atoms with Gasteiger partial charge in [0.2, 0.25) is 0 Å². The molecule has 0 atom stereocenters. The molecule has 0 fully saturated rings. The third-order valence-corrected chi connectivity index (χ3v) is 5.71. The van der Waals surface area contributed by atoms with Gasteiger partial charge in [0.05, 0.1) is 16.8 Å². The number of rotatable bonds is 8.